The average Bonchev–Trinajstić information content (AvgIpc) is 3.07. The van der Waals surface area contributed by atoms with E-state index in [1.165, 1.54) is 0 Å². The molecule has 2 amide bonds. The third-order valence-electron chi connectivity index (χ3n) is 4.06. The van der Waals surface area contributed by atoms with Crippen molar-refractivity contribution < 1.29 is 19.1 Å². The summed E-state index contributed by atoms with van der Waals surface area (Å²) in [5, 5.41) is 5.49. The molecule has 25 heavy (non-hydrogen) atoms. The molecule has 0 saturated carbocycles. The van der Waals surface area contributed by atoms with Crippen LogP contribution in [0.4, 0.5) is 10.5 Å². The molecular weight excluding hydrogens is 320 g/mol. The van der Waals surface area contributed by atoms with E-state index in [4.69, 9.17) is 9.47 Å². The zero-order valence-electron chi connectivity index (χ0n) is 14.0. The fraction of sp³-hybridized carbons (Fsp3) is 0.263. The van der Waals surface area contributed by atoms with E-state index in [9.17, 15) is 9.59 Å². The number of benzene rings is 2. The highest BCUT2D eigenvalue weighted by atomic mass is 16.6. The van der Waals surface area contributed by atoms with Crippen LogP contribution in [0.1, 0.15) is 23.7 Å². The predicted molar refractivity (Wildman–Crippen MR) is 93.6 cm³/mol. The number of ether oxygens (including phenoxy) is 2. The minimum absolute atomic E-state index is 0.0624. The van der Waals surface area contributed by atoms with Gasteiger partial charge < -0.3 is 20.1 Å². The van der Waals surface area contributed by atoms with Crippen LogP contribution in [-0.2, 0) is 16.0 Å². The number of alkyl carbamates (subject to hydrolysis) is 1. The molecule has 0 spiro atoms. The van der Waals surface area contributed by atoms with Crippen molar-refractivity contribution in [3.63, 3.8) is 0 Å². The number of cyclic esters (lactones) is 1. The number of aryl methyl sites for hydroxylation is 1. The Kier molecular flexibility index (Phi) is 5.18. The lowest BCUT2D eigenvalue weighted by atomic mass is 10.1. The van der Waals surface area contributed by atoms with Crippen LogP contribution in [0.5, 0.6) is 5.75 Å². The lowest BCUT2D eigenvalue weighted by Crippen LogP contribution is -2.13. The average molecular weight is 340 g/mol. The number of hydrogen-bond acceptors (Lipinski definition) is 4. The molecule has 2 N–H and O–H groups in total. The highest BCUT2D eigenvalue weighted by Gasteiger charge is 2.23. The van der Waals surface area contributed by atoms with Gasteiger partial charge in [0.2, 0.25) is 5.91 Å². The van der Waals surface area contributed by atoms with Gasteiger partial charge in [0.25, 0.3) is 0 Å². The lowest BCUT2D eigenvalue weighted by molar-refractivity contribution is -0.116. The molecule has 0 aliphatic carbocycles. The molecule has 1 atom stereocenters. The first-order valence-corrected chi connectivity index (χ1v) is 8.12. The van der Waals surface area contributed by atoms with E-state index >= 15 is 0 Å². The zero-order valence-corrected chi connectivity index (χ0v) is 14.0. The van der Waals surface area contributed by atoms with Crippen LogP contribution < -0.4 is 15.4 Å². The molecule has 0 radical (unpaired) electrons. The van der Waals surface area contributed by atoms with E-state index in [0.717, 1.165) is 16.9 Å². The maximum Gasteiger partial charge on any atom is 0.407 e. The summed E-state index contributed by atoms with van der Waals surface area (Å²) in [4.78, 5) is 23.2. The van der Waals surface area contributed by atoms with Crippen LogP contribution in [0.3, 0.4) is 0 Å². The third-order valence-corrected chi connectivity index (χ3v) is 4.06. The van der Waals surface area contributed by atoms with Gasteiger partial charge in [-0.1, -0.05) is 30.3 Å². The Balaban J connectivity index is 1.53. The summed E-state index contributed by atoms with van der Waals surface area (Å²) in [5.74, 6) is 0.729. The molecule has 6 heteroatoms. The van der Waals surface area contributed by atoms with Crippen LogP contribution in [0.25, 0.3) is 0 Å². The Morgan fingerprint density at radius 2 is 2.00 bits per heavy atom. The smallest absolute Gasteiger partial charge is 0.407 e. The summed E-state index contributed by atoms with van der Waals surface area (Å²) in [6.45, 7) is 0.462. The Bertz CT molecular complexity index is 758. The summed E-state index contributed by atoms with van der Waals surface area (Å²) in [5.41, 5.74) is 2.61. The number of carbonyl (C=O) groups is 2. The van der Waals surface area contributed by atoms with Crippen molar-refractivity contribution in [1.82, 2.24) is 5.32 Å². The van der Waals surface area contributed by atoms with Gasteiger partial charge in [0.15, 0.2) is 0 Å². The maximum atomic E-state index is 12.1. The summed E-state index contributed by atoms with van der Waals surface area (Å²) in [6, 6.07) is 15.0. The highest BCUT2D eigenvalue weighted by molar-refractivity contribution is 5.90. The molecule has 1 unspecified atom stereocenters. The van der Waals surface area contributed by atoms with E-state index in [1.54, 1.807) is 7.11 Å². The summed E-state index contributed by atoms with van der Waals surface area (Å²) in [6.07, 6.45) is 0.297. The number of nitrogens with one attached hydrogen (secondary N) is 2. The normalized spacial score (nSPS) is 16.0. The van der Waals surface area contributed by atoms with E-state index < -0.39 is 6.09 Å². The van der Waals surface area contributed by atoms with Gasteiger partial charge in [-0.2, -0.15) is 0 Å². The Labute approximate surface area is 146 Å². The topological polar surface area (TPSA) is 76.7 Å². The molecule has 6 nitrogen and oxygen atoms in total. The second-order valence-electron chi connectivity index (χ2n) is 5.76. The van der Waals surface area contributed by atoms with E-state index in [0.29, 0.717) is 25.1 Å². The predicted octanol–water partition coefficient (Wildman–Crippen LogP) is 3.05. The van der Waals surface area contributed by atoms with Crippen molar-refractivity contribution in [3.8, 4) is 5.75 Å². The van der Waals surface area contributed by atoms with Gasteiger partial charge >= 0.3 is 6.09 Å². The molecule has 3 rings (SSSR count). The molecule has 130 valence electrons. The lowest BCUT2D eigenvalue weighted by Gasteiger charge is -2.10. The van der Waals surface area contributed by atoms with Gasteiger partial charge in [-0.3, -0.25) is 4.79 Å². The number of hydrogen-bond donors (Lipinski definition) is 2. The van der Waals surface area contributed by atoms with Crippen molar-refractivity contribution in [2.45, 2.75) is 18.9 Å². The molecule has 0 bridgehead atoms. The SMILES string of the molecule is COc1ccccc1CCC(=O)Nc1ccc(C2CNC(=O)O2)cc1. The molecule has 0 aromatic heterocycles. The molecule has 1 aliphatic heterocycles. The summed E-state index contributed by atoms with van der Waals surface area (Å²) in [7, 11) is 1.62. The van der Waals surface area contributed by atoms with Gasteiger partial charge in [-0.05, 0) is 35.7 Å². The highest BCUT2D eigenvalue weighted by Crippen LogP contribution is 2.23. The maximum absolute atomic E-state index is 12.1. The van der Waals surface area contributed by atoms with E-state index in [-0.39, 0.29) is 12.0 Å². The van der Waals surface area contributed by atoms with Crippen LogP contribution >= 0.6 is 0 Å². The van der Waals surface area contributed by atoms with E-state index in [1.807, 2.05) is 48.5 Å². The van der Waals surface area contributed by atoms with Gasteiger partial charge in [-0.15, -0.1) is 0 Å². The van der Waals surface area contributed by atoms with E-state index in [2.05, 4.69) is 10.6 Å². The number of amides is 2. The van der Waals surface area contributed by atoms with Gasteiger partial charge in [0.1, 0.15) is 11.9 Å². The summed E-state index contributed by atoms with van der Waals surface area (Å²) >= 11 is 0. The van der Waals surface area contributed by atoms with Crippen LogP contribution in [0.2, 0.25) is 0 Å². The van der Waals surface area contributed by atoms with Crippen molar-refractivity contribution in [3.05, 3.63) is 59.7 Å². The first-order valence-electron chi connectivity index (χ1n) is 8.12. The number of para-hydroxylation sites is 1. The second-order valence-corrected chi connectivity index (χ2v) is 5.76. The standard InChI is InChI=1S/C19H20N2O4/c1-24-16-5-3-2-4-13(16)8-11-18(22)21-15-9-6-14(7-10-15)17-12-20-19(23)25-17/h2-7,9-10,17H,8,11-12H2,1H3,(H,20,23)(H,21,22). The number of carbonyl (C=O) groups excluding carboxylic acids is 2. The first-order chi connectivity index (χ1) is 12.2. The molecule has 1 saturated heterocycles. The van der Waals surface area contributed by atoms with Crippen molar-refractivity contribution in [2.24, 2.45) is 0 Å². The fourth-order valence-corrected chi connectivity index (χ4v) is 2.74. The Hall–Kier alpha value is -3.02. The van der Waals surface area contributed by atoms with Gasteiger partial charge in [0, 0.05) is 12.1 Å². The summed E-state index contributed by atoms with van der Waals surface area (Å²) < 4.78 is 10.4. The first kappa shape index (κ1) is 16.8. The Morgan fingerprint density at radius 3 is 2.68 bits per heavy atom. The minimum Gasteiger partial charge on any atom is -0.496 e. The van der Waals surface area contributed by atoms with Crippen molar-refractivity contribution in [1.29, 1.82) is 0 Å². The zero-order chi connectivity index (χ0) is 17.6. The third kappa shape index (κ3) is 4.29. The number of methoxy groups -OCH3 is 1. The van der Waals surface area contributed by atoms with Gasteiger partial charge in [0.05, 0.1) is 13.7 Å². The fourth-order valence-electron chi connectivity index (χ4n) is 2.74. The largest absolute Gasteiger partial charge is 0.496 e. The molecular formula is C19H20N2O4. The monoisotopic (exact) mass is 340 g/mol. The quantitative estimate of drug-likeness (QED) is 0.847. The Morgan fingerprint density at radius 1 is 1.24 bits per heavy atom. The molecule has 1 fully saturated rings. The van der Waals surface area contributed by atoms with Crippen LogP contribution in [0, 0.1) is 0 Å². The van der Waals surface area contributed by atoms with Gasteiger partial charge in [-0.25, -0.2) is 4.79 Å². The minimum atomic E-state index is -0.404. The van der Waals surface area contributed by atoms with Crippen molar-refractivity contribution >= 4 is 17.7 Å². The number of anilines is 1. The molecule has 1 aliphatic rings. The second kappa shape index (κ2) is 7.70. The van der Waals surface area contributed by atoms with Crippen molar-refractivity contribution in [2.75, 3.05) is 19.0 Å². The molecule has 1 heterocycles. The molecule has 2 aromatic rings. The molecule has 2 aromatic carbocycles. The number of rotatable bonds is 6. The van der Waals surface area contributed by atoms with Crippen LogP contribution in [-0.4, -0.2) is 25.7 Å². The van der Waals surface area contributed by atoms with Crippen LogP contribution in [0.15, 0.2) is 48.5 Å².